The smallest absolute Gasteiger partial charge is 0.339 e. The van der Waals surface area contributed by atoms with Crippen LogP contribution in [0.4, 0.5) is 0 Å². The molecule has 0 saturated carbocycles. The van der Waals surface area contributed by atoms with Gasteiger partial charge in [-0.25, -0.2) is 4.79 Å². The number of carbonyl (C=O) groups excluding carboxylic acids is 2. The summed E-state index contributed by atoms with van der Waals surface area (Å²) in [7, 11) is 0. The topological polar surface area (TPSA) is 64.6 Å². The highest BCUT2D eigenvalue weighted by Gasteiger charge is 2.14. The van der Waals surface area contributed by atoms with Gasteiger partial charge in [-0.15, -0.1) is 11.8 Å². The number of benzene rings is 2. The number of hydrogen-bond donors (Lipinski definition) is 1. The predicted octanol–water partition coefficient (Wildman–Crippen LogP) is 4.16. The molecule has 5 nitrogen and oxygen atoms in total. The maximum atomic E-state index is 12.4. The first-order valence-electron chi connectivity index (χ1n) is 9.24. The van der Waals surface area contributed by atoms with E-state index in [2.05, 4.69) is 11.4 Å². The zero-order valence-electron chi connectivity index (χ0n) is 16.8. The van der Waals surface area contributed by atoms with Crippen molar-refractivity contribution in [1.29, 1.82) is 0 Å². The minimum atomic E-state index is -0.420. The molecular weight excluding hydrogens is 374 g/mol. The molecule has 0 bridgehead atoms. The van der Waals surface area contributed by atoms with Crippen molar-refractivity contribution in [2.45, 2.75) is 38.6 Å². The van der Waals surface area contributed by atoms with E-state index in [1.807, 2.05) is 52.0 Å². The van der Waals surface area contributed by atoms with Gasteiger partial charge >= 0.3 is 5.97 Å². The SMILES string of the molecule is Cc1cc(C)cc(OCCOC(=O)c2ccccc2SCC(=O)NC(C)C)c1. The van der Waals surface area contributed by atoms with Crippen LogP contribution in [0.15, 0.2) is 47.4 Å². The molecule has 0 unspecified atom stereocenters. The van der Waals surface area contributed by atoms with Crippen molar-refractivity contribution in [1.82, 2.24) is 5.32 Å². The van der Waals surface area contributed by atoms with Gasteiger partial charge in [0.15, 0.2) is 0 Å². The second-order valence-corrected chi connectivity index (χ2v) is 7.83. The third-order valence-corrected chi connectivity index (χ3v) is 4.77. The molecule has 150 valence electrons. The van der Waals surface area contributed by atoms with Gasteiger partial charge in [0.1, 0.15) is 19.0 Å². The molecule has 0 aliphatic rings. The fraction of sp³-hybridized carbons (Fsp3) is 0.364. The normalized spacial score (nSPS) is 10.6. The molecule has 0 saturated heterocycles. The number of esters is 1. The average molecular weight is 402 g/mol. The number of rotatable bonds is 9. The molecule has 2 aromatic carbocycles. The molecule has 0 aliphatic heterocycles. The summed E-state index contributed by atoms with van der Waals surface area (Å²) in [4.78, 5) is 25.0. The van der Waals surface area contributed by atoms with Crippen molar-refractivity contribution < 1.29 is 19.1 Å². The summed E-state index contributed by atoms with van der Waals surface area (Å²) in [6.07, 6.45) is 0. The molecule has 0 fully saturated rings. The predicted molar refractivity (Wildman–Crippen MR) is 112 cm³/mol. The third kappa shape index (κ3) is 7.27. The van der Waals surface area contributed by atoms with Gasteiger partial charge in [0, 0.05) is 10.9 Å². The van der Waals surface area contributed by atoms with E-state index in [4.69, 9.17) is 9.47 Å². The first-order valence-corrected chi connectivity index (χ1v) is 10.2. The second kappa shape index (κ2) is 10.8. The van der Waals surface area contributed by atoms with E-state index in [0.717, 1.165) is 21.8 Å². The highest BCUT2D eigenvalue weighted by molar-refractivity contribution is 8.00. The Morgan fingerprint density at radius 2 is 1.71 bits per heavy atom. The standard InChI is InChI=1S/C22H27NO4S/c1-15(2)23-21(24)14-28-20-8-6-5-7-19(20)22(25)27-10-9-26-18-12-16(3)11-17(4)13-18/h5-8,11-13,15H,9-10,14H2,1-4H3,(H,23,24). The van der Waals surface area contributed by atoms with Crippen molar-refractivity contribution >= 4 is 23.6 Å². The number of thioether (sulfide) groups is 1. The summed E-state index contributed by atoms with van der Waals surface area (Å²) in [6.45, 7) is 8.27. The van der Waals surface area contributed by atoms with Crippen molar-refractivity contribution in [3.05, 3.63) is 59.2 Å². The molecule has 0 atom stereocenters. The molecule has 0 aromatic heterocycles. The first kappa shape index (κ1) is 21.8. The Kier molecular flexibility index (Phi) is 8.39. The van der Waals surface area contributed by atoms with Crippen LogP contribution in [0.3, 0.4) is 0 Å². The van der Waals surface area contributed by atoms with Gasteiger partial charge in [0.05, 0.1) is 11.3 Å². The minimum absolute atomic E-state index is 0.0648. The molecule has 1 amide bonds. The van der Waals surface area contributed by atoms with E-state index in [0.29, 0.717) is 5.56 Å². The Bertz CT molecular complexity index is 800. The fourth-order valence-electron chi connectivity index (χ4n) is 2.66. The number of carbonyl (C=O) groups is 2. The molecule has 0 radical (unpaired) electrons. The van der Waals surface area contributed by atoms with Crippen molar-refractivity contribution in [3.63, 3.8) is 0 Å². The van der Waals surface area contributed by atoms with Crippen molar-refractivity contribution in [2.75, 3.05) is 19.0 Å². The minimum Gasteiger partial charge on any atom is -0.490 e. The number of hydrogen-bond acceptors (Lipinski definition) is 5. The van der Waals surface area contributed by atoms with E-state index in [1.165, 1.54) is 11.8 Å². The summed E-state index contributed by atoms with van der Waals surface area (Å²) in [5.41, 5.74) is 2.70. The molecule has 0 spiro atoms. The van der Waals surface area contributed by atoms with Gasteiger partial charge in [-0.05, 0) is 63.1 Å². The maximum Gasteiger partial charge on any atom is 0.339 e. The van der Waals surface area contributed by atoms with Crippen LogP contribution < -0.4 is 10.1 Å². The van der Waals surface area contributed by atoms with Gasteiger partial charge < -0.3 is 14.8 Å². The van der Waals surface area contributed by atoms with E-state index >= 15 is 0 Å². The lowest BCUT2D eigenvalue weighted by Crippen LogP contribution is -2.31. The highest BCUT2D eigenvalue weighted by Crippen LogP contribution is 2.23. The lowest BCUT2D eigenvalue weighted by Gasteiger charge is -2.11. The largest absolute Gasteiger partial charge is 0.490 e. The highest BCUT2D eigenvalue weighted by atomic mass is 32.2. The Labute approximate surface area is 170 Å². The van der Waals surface area contributed by atoms with Crippen LogP contribution in [-0.4, -0.2) is 36.9 Å². The van der Waals surface area contributed by atoms with Gasteiger partial charge in [-0.3, -0.25) is 4.79 Å². The van der Waals surface area contributed by atoms with Crippen LogP contribution in [-0.2, 0) is 9.53 Å². The van der Waals surface area contributed by atoms with Crippen LogP contribution in [0, 0.1) is 13.8 Å². The van der Waals surface area contributed by atoms with Gasteiger partial charge in [-0.1, -0.05) is 18.2 Å². The number of amides is 1. The molecule has 0 heterocycles. The van der Waals surface area contributed by atoms with E-state index in [-0.39, 0.29) is 30.9 Å². The van der Waals surface area contributed by atoms with Crippen LogP contribution in [0.1, 0.15) is 35.3 Å². The number of ether oxygens (including phenoxy) is 2. The number of nitrogens with one attached hydrogen (secondary N) is 1. The molecule has 28 heavy (non-hydrogen) atoms. The Hall–Kier alpha value is -2.47. The summed E-state index contributed by atoms with van der Waals surface area (Å²) in [5.74, 6) is 0.528. The van der Waals surface area contributed by atoms with Crippen LogP contribution in [0.25, 0.3) is 0 Å². The molecule has 2 aromatic rings. The van der Waals surface area contributed by atoms with Gasteiger partial charge in [0.25, 0.3) is 0 Å². The second-order valence-electron chi connectivity index (χ2n) is 6.81. The molecule has 1 N–H and O–H groups in total. The van der Waals surface area contributed by atoms with E-state index in [1.54, 1.807) is 12.1 Å². The van der Waals surface area contributed by atoms with Crippen molar-refractivity contribution in [3.8, 4) is 5.75 Å². The summed E-state index contributed by atoms with van der Waals surface area (Å²) >= 11 is 1.32. The lowest BCUT2D eigenvalue weighted by atomic mass is 10.1. The molecule has 6 heteroatoms. The zero-order chi connectivity index (χ0) is 20.5. The van der Waals surface area contributed by atoms with Crippen LogP contribution in [0.2, 0.25) is 0 Å². The fourth-order valence-corrected chi connectivity index (χ4v) is 3.51. The van der Waals surface area contributed by atoms with Crippen LogP contribution >= 0.6 is 11.8 Å². The molecular formula is C22H27NO4S. The van der Waals surface area contributed by atoms with E-state index in [9.17, 15) is 9.59 Å². The summed E-state index contributed by atoms with van der Waals surface area (Å²) < 4.78 is 11.0. The zero-order valence-corrected chi connectivity index (χ0v) is 17.6. The first-order chi connectivity index (χ1) is 13.3. The quantitative estimate of drug-likeness (QED) is 0.388. The van der Waals surface area contributed by atoms with E-state index < -0.39 is 5.97 Å². The molecule has 0 aliphatic carbocycles. The summed E-state index contributed by atoms with van der Waals surface area (Å²) in [6, 6.07) is 13.2. The van der Waals surface area contributed by atoms with Crippen molar-refractivity contribution in [2.24, 2.45) is 0 Å². The Morgan fingerprint density at radius 3 is 2.39 bits per heavy atom. The average Bonchev–Trinajstić information content (AvgIpc) is 2.62. The van der Waals surface area contributed by atoms with Gasteiger partial charge in [0.2, 0.25) is 5.91 Å². The summed E-state index contributed by atoms with van der Waals surface area (Å²) in [5, 5.41) is 2.83. The lowest BCUT2D eigenvalue weighted by molar-refractivity contribution is -0.119. The Balaban J connectivity index is 1.85. The molecule has 2 rings (SSSR count). The maximum absolute atomic E-state index is 12.4. The van der Waals surface area contributed by atoms with Gasteiger partial charge in [-0.2, -0.15) is 0 Å². The third-order valence-electron chi connectivity index (χ3n) is 3.70. The monoisotopic (exact) mass is 401 g/mol. The Morgan fingerprint density at radius 1 is 1.04 bits per heavy atom. The number of aryl methyl sites for hydroxylation is 2. The van der Waals surface area contributed by atoms with Crippen LogP contribution in [0.5, 0.6) is 5.75 Å².